The van der Waals surface area contributed by atoms with Crippen LogP contribution in [0.1, 0.15) is 18.0 Å². The van der Waals surface area contributed by atoms with Crippen LogP contribution in [0.2, 0.25) is 0 Å². The lowest BCUT2D eigenvalue weighted by Crippen LogP contribution is -2.33. The Morgan fingerprint density at radius 3 is 2.23 bits per heavy atom. The molecule has 0 aliphatic rings. The number of carbonyl (C=O) groups is 2. The van der Waals surface area contributed by atoms with E-state index in [1.807, 2.05) is 0 Å². The van der Waals surface area contributed by atoms with Crippen molar-refractivity contribution < 1.29 is 28.9 Å². The van der Waals surface area contributed by atoms with Gasteiger partial charge in [0.25, 0.3) is 5.91 Å². The molecular formula is C19H21NO6. The Morgan fingerprint density at radius 1 is 1.00 bits per heavy atom. The number of hydrogen-bond acceptors (Lipinski definition) is 5. The predicted molar refractivity (Wildman–Crippen MR) is 94.6 cm³/mol. The summed E-state index contributed by atoms with van der Waals surface area (Å²) in [5.74, 6) is 0.144. The van der Waals surface area contributed by atoms with Gasteiger partial charge >= 0.3 is 5.97 Å². The second kappa shape index (κ2) is 9.31. The molecule has 0 bridgehead atoms. The number of carboxylic acids is 1. The van der Waals surface area contributed by atoms with Crippen molar-refractivity contribution >= 4 is 11.9 Å². The van der Waals surface area contributed by atoms with Crippen LogP contribution in [0.3, 0.4) is 0 Å². The molecule has 7 nitrogen and oxygen atoms in total. The standard InChI is InChI=1S/C19H21NO6/c1-24-14-9-7-13(8-10-14)15(11-19(22)23)20-18(21)12-26-17-6-4-3-5-16(17)25-2/h3-10,15H,11-12H2,1-2H3,(H,20,21)(H,22,23)/t15-/m0/s1. The molecule has 0 aliphatic heterocycles. The first kappa shape index (κ1) is 19.1. The number of rotatable bonds is 9. The number of benzene rings is 2. The molecule has 2 aromatic rings. The van der Waals surface area contributed by atoms with E-state index in [-0.39, 0.29) is 13.0 Å². The number of para-hydroxylation sites is 2. The molecule has 0 aliphatic carbocycles. The minimum Gasteiger partial charge on any atom is -0.497 e. The summed E-state index contributed by atoms with van der Waals surface area (Å²) in [5.41, 5.74) is 0.666. The summed E-state index contributed by atoms with van der Waals surface area (Å²) in [6.45, 7) is -0.257. The Labute approximate surface area is 151 Å². The quantitative estimate of drug-likeness (QED) is 0.714. The van der Waals surface area contributed by atoms with Crippen LogP contribution in [0.4, 0.5) is 0 Å². The Kier molecular flexibility index (Phi) is 6.84. The van der Waals surface area contributed by atoms with Gasteiger partial charge in [0.15, 0.2) is 18.1 Å². The molecule has 7 heteroatoms. The van der Waals surface area contributed by atoms with Crippen molar-refractivity contribution in [3.8, 4) is 17.2 Å². The molecule has 1 atom stereocenters. The van der Waals surface area contributed by atoms with Crippen LogP contribution in [0.25, 0.3) is 0 Å². The van der Waals surface area contributed by atoms with E-state index in [1.54, 1.807) is 55.6 Å². The zero-order chi connectivity index (χ0) is 18.9. The summed E-state index contributed by atoms with van der Waals surface area (Å²) in [7, 11) is 3.05. The maximum absolute atomic E-state index is 12.2. The van der Waals surface area contributed by atoms with Crippen LogP contribution in [-0.2, 0) is 9.59 Å². The second-order valence-electron chi connectivity index (χ2n) is 5.43. The largest absolute Gasteiger partial charge is 0.497 e. The van der Waals surface area contributed by atoms with E-state index in [1.165, 1.54) is 7.11 Å². The summed E-state index contributed by atoms with van der Waals surface area (Å²) < 4.78 is 15.7. The zero-order valence-corrected chi connectivity index (χ0v) is 14.6. The average Bonchev–Trinajstić information content (AvgIpc) is 2.65. The average molecular weight is 359 g/mol. The van der Waals surface area contributed by atoms with Crippen LogP contribution in [0.15, 0.2) is 48.5 Å². The number of ether oxygens (including phenoxy) is 3. The fourth-order valence-electron chi connectivity index (χ4n) is 2.38. The molecule has 2 N–H and O–H groups in total. The molecule has 0 saturated heterocycles. The van der Waals surface area contributed by atoms with Gasteiger partial charge in [0.2, 0.25) is 0 Å². The molecule has 0 fully saturated rings. The summed E-state index contributed by atoms with van der Waals surface area (Å²) >= 11 is 0. The highest BCUT2D eigenvalue weighted by molar-refractivity contribution is 5.79. The van der Waals surface area contributed by atoms with Gasteiger partial charge < -0.3 is 24.6 Å². The smallest absolute Gasteiger partial charge is 0.305 e. The van der Waals surface area contributed by atoms with Gasteiger partial charge in [-0.2, -0.15) is 0 Å². The minimum atomic E-state index is -1.02. The van der Waals surface area contributed by atoms with E-state index in [0.717, 1.165) is 0 Å². The zero-order valence-electron chi connectivity index (χ0n) is 14.6. The van der Waals surface area contributed by atoms with Gasteiger partial charge in [-0.15, -0.1) is 0 Å². The highest BCUT2D eigenvalue weighted by Crippen LogP contribution is 2.26. The molecule has 2 rings (SSSR count). The van der Waals surface area contributed by atoms with Crippen LogP contribution < -0.4 is 19.5 Å². The molecule has 26 heavy (non-hydrogen) atoms. The predicted octanol–water partition coefficient (Wildman–Crippen LogP) is 2.41. The normalized spacial score (nSPS) is 11.3. The highest BCUT2D eigenvalue weighted by atomic mass is 16.5. The number of aliphatic carboxylic acids is 1. The van der Waals surface area contributed by atoms with Gasteiger partial charge in [-0.05, 0) is 29.8 Å². The SMILES string of the molecule is COc1ccc([C@H](CC(=O)O)NC(=O)COc2ccccc2OC)cc1. The molecule has 1 amide bonds. The van der Waals surface area contributed by atoms with Crippen LogP contribution >= 0.6 is 0 Å². The lowest BCUT2D eigenvalue weighted by atomic mass is 10.0. The number of nitrogens with one attached hydrogen (secondary N) is 1. The second-order valence-corrected chi connectivity index (χ2v) is 5.43. The van der Waals surface area contributed by atoms with Crippen molar-refractivity contribution in [2.75, 3.05) is 20.8 Å². The Morgan fingerprint density at radius 2 is 1.65 bits per heavy atom. The molecule has 0 heterocycles. The summed E-state index contributed by atoms with van der Waals surface area (Å²) in [5, 5.41) is 11.8. The molecule has 0 spiro atoms. The van der Waals surface area contributed by atoms with Gasteiger partial charge in [0.1, 0.15) is 5.75 Å². The number of carboxylic acid groups (broad SMARTS) is 1. The molecule has 0 saturated carbocycles. The number of carbonyl (C=O) groups excluding carboxylic acids is 1. The molecule has 138 valence electrons. The van der Waals surface area contributed by atoms with Crippen molar-refractivity contribution in [1.82, 2.24) is 5.32 Å². The fourth-order valence-corrected chi connectivity index (χ4v) is 2.38. The molecular weight excluding hydrogens is 338 g/mol. The Bertz CT molecular complexity index is 744. The monoisotopic (exact) mass is 359 g/mol. The van der Waals surface area contributed by atoms with Gasteiger partial charge in [-0.1, -0.05) is 24.3 Å². The molecule has 0 unspecified atom stereocenters. The van der Waals surface area contributed by atoms with E-state index < -0.39 is 17.9 Å². The van der Waals surface area contributed by atoms with Crippen molar-refractivity contribution in [2.24, 2.45) is 0 Å². The van der Waals surface area contributed by atoms with E-state index in [2.05, 4.69) is 5.32 Å². The van der Waals surface area contributed by atoms with E-state index in [4.69, 9.17) is 19.3 Å². The first-order valence-electron chi connectivity index (χ1n) is 7.94. The van der Waals surface area contributed by atoms with E-state index in [0.29, 0.717) is 22.8 Å². The van der Waals surface area contributed by atoms with Gasteiger partial charge in [-0.3, -0.25) is 9.59 Å². The maximum atomic E-state index is 12.2. The van der Waals surface area contributed by atoms with E-state index in [9.17, 15) is 9.59 Å². The van der Waals surface area contributed by atoms with Gasteiger partial charge in [-0.25, -0.2) is 0 Å². The van der Waals surface area contributed by atoms with Crippen LogP contribution in [0.5, 0.6) is 17.2 Å². The Balaban J connectivity index is 2.02. The number of methoxy groups -OCH3 is 2. The topological polar surface area (TPSA) is 94.1 Å². The molecule has 0 aromatic heterocycles. The highest BCUT2D eigenvalue weighted by Gasteiger charge is 2.19. The van der Waals surface area contributed by atoms with Gasteiger partial charge in [0, 0.05) is 0 Å². The van der Waals surface area contributed by atoms with Crippen molar-refractivity contribution in [1.29, 1.82) is 0 Å². The first-order valence-corrected chi connectivity index (χ1v) is 7.94. The third-order valence-corrected chi connectivity index (χ3v) is 3.66. The van der Waals surface area contributed by atoms with Crippen molar-refractivity contribution in [2.45, 2.75) is 12.5 Å². The van der Waals surface area contributed by atoms with E-state index >= 15 is 0 Å². The van der Waals surface area contributed by atoms with Gasteiger partial charge in [0.05, 0.1) is 26.7 Å². The third-order valence-electron chi connectivity index (χ3n) is 3.66. The Hall–Kier alpha value is -3.22. The van der Waals surface area contributed by atoms with Crippen molar-refractivity contribution in [3.05, 3.63) is 54.1 Å². The van der Waals surface area contributed by atoms with Crippen LogP contribution in [-0.4, -0.2) is 37.8 Å². The number of hydrogen-bond donors (Lipinski definition) is 2. The third kappa shape index (κ3) is 5.41. The summed E-state index contributed by atoms with van der Waals surface area (Å²) in [6, 6.07) is 13.1. The lowest BCUT2D eigenvalue weighted by molar-refractivity contribution is -0.137. The number of amides is 1. The molecule has 0 radical (unpaired) electrons. The van der Waals surface area contributed by atoms with Crippen molar-refractivity contribution in [3.63, 3.8) is 0 Å². The summed E-state index contributed by atoms with van der Waals surface area (Å²) in [4.78, 5) is 23.3. The summed E-state index contributed by atoms with van der Waals surface area (Å²) in [6.07, 6.45) is -0.243. The molecule has 2 aromatic carbocycles. The fraction of sp³-hybridized carbons (Fsp3) is 0.263. The first-order chi connectivity index (χ1) is 12.5. The minimum absolute atomic E-state index is 0.243. The van der Waals surface area contributed by atoms with Crippen LogP contribution in [0, 0.1) is 0 Å². The lowest BCUT2D eigenvalue weighted by Gasteiger charge is -2.18. The maximum Gasteiger partial charge on any atom is 0.305 e.